The van der Waals surface area contributed by atoms with Crippen molar-refractivity contribution < 1.29 is 4.79 Å². The number of nitrogens with one attached hydrogen (secondary N) is 1. The topological polar surface area (TPSA) is 54.9 Å². The van der Waals surface area contributed by atoms with Gasteiger partial charge in [-0.1, -0.05) is 0 Å². The van der Waals surface area contributed by atoms with Crippen molar-refractivity contribution in [2.75, 3.05) is 5.32 Å². The largest absolute Gasteiger partial charge is 0.297 e. The van der Waals surface area contributed by atoms with Gasteiger partial charge in [0.25, 0.3) is 5.91 Å². The summed E-state index contributed by atoms with van der Waals surface area (Å²) in [5.41, 5.74) is 4.04. The van der Waals surface area contributed by atoms with Crippen LogP contribution in [0.15, 0.2) is 11.4 Å². The molecule has 0 atom stereocenters. The molecule has 6 heteroatoms. The molecule has 0 saturated heterocycles. The Morgan fingerprint density at radius 2 is 1.90 bits per heavy atom. The van der Waals surface area contributed by atoms with Crippen LogP contribution in [0.1, 0.15) is 32.2 Å². The minimum atomic E-state index is -0.109. The van der Waals surface area contributed by atoms with Crippen molar-refractivity contribution in [2.24, 2.45) is 0 Å². The highest BCUT2D eigenvalue weighted by atomic mass is 32.1. The second-order valence-electron chi connectivity index (χ2n) is 5.07. The fourth-order valence-corrected chi connectivity index (χ4v) is 4.28. The van der Waals surface area contributed by atoms with Crippen molar-refractivity contribution >= 4 is 43.9 Å². The van der Waals surface area contributed by atoms with Gasteiger partial charge in [0.15, 0.2) is 5.13 Å². The number of hydrogen-bond donors (Lipinski definition) is 1. The Hall–Kier alpha value is -1.79. The lowest BCUT2D eigenvalue weighted by atomic mass is 10.1. The molecule has 0 radical (unpaired) electrons. The predicted molar refractivity (Wildman–Crippen MR) is 88.6 cm³/mol. The number of nitrogens with zero attached hydrogens (tertiary/aromatic N) is 2. The molecule has 3 rings (SSSR count). The van der Waals surface area contributed by atoms with Gasteiger partial charge in [-0.3, -0.25) is 10.1 Å². The Balaban J connectivity index is 2.02. The number of carbonyl (C=O) groups excluding carboxylic acids is 1. The van der Waals surface area contributed by atoms with Crippen molar-refractivity contribution in [3.8, 4) is 0 Å². The van der Waals surface area contributed by atoms with E-state index in [9.17, 15) is 4.79 Å². The predicted octanol–water partition coefficient (Wildman–Crippen LogP) is 4.24. The Kier molecular flexibility index (Phi) is 3.51. The van der Waals surface area contributed by atoms with Gasteiger partial charge in [-0.05, 0) is 44.9 Å². The molecule has 0 aromatic carbocycles. The molecule has 1 amide bonds. The molecule has 0 saturated carbocycles. The van der Waals surface area contributed by atoms with Crippen LogP contribution in [0.4, 0.5) is 5.13 Å². The highest BCUT2D eigenvalue weighted by Gasteiger charge is 2.18. The average molecular weight is 317 g/mol. The lowest BCUT2D eigenvalue weighted by molar-refractivity contribution is 0.103. The molecule has 3 aromatic rings. The molecular formula is C15H15N3OS2. The molecule has 3 heterocycles. The van der Waals surface area contributed by atoms with E-state index in [2.05, 4.69) is 22.2 Å². The Morgan fingerprint density at radius 1 is 1.14 bits per heavy atom. The number of rotatable bonds is 2. The van der Waals surface area contributed by atoms with Crippen molar-refractivity contribution in [2.45, 2.75) is 27.7 Å². The Morgan fingerprint density at radius 3 is 2.57 bits per heavy atom. The summed E-state index contributed by atoms with van der Waals surface area (Å²) < 4.78 is 0. The standard InChI is InChI=1S/C15H15N3OS2/c1-7-5-8(2)16-14-11(7)10(4)12(21-14)13(19)18-15-17-9(3)6-20-15/h5-6H,1-4H3,(H,17,18,19). The maximum atomic E-state index is 12.4. The first-order chi connectivity index (χ1) is 9.95. The molecule has 0 aliphatic rings. The molecule has 0 fully saturated rings. The average Bonchev–Trinajstić information content (AvgIpc) is 2.93. The summed E-state index contributed by atoms with van der Waals surface area (Å²) in [5, 5.41) is 6.51. The molecule has 0 spiro atoms. The van der Waals surface area contributed by atoms with Crippen LogP contribution in [-0.2, 0) is 0 Å². The van der Waals surface area contributed by atoms with Gasteiger partial charge >= 0.3 is 0 Å². The summed E-state index contributed by atoms with van der Waals surface area (Å²) in [7, 11) is 0. The third-order valence-electron chi connectivity index (χ3n) is 3.27. The summed E-state index contributed by atoms with van der Waals surface area (Å²) in [6, 6.07) is 2.05. The van der Waals surface area contributed by atoms with E-state index in [-0.39, 0.29) is 5.91 Å². The Bertz CT molecular complexity index is 848. The van der Waals surface area contributed by atoms with Gasteiger partial charge in [0.1, 0.15) is 4.83 Å². The van der Waals surface area contributed by atoms with E-state index in [1.165, 1.54) is 22.7 Å². The highest BCUT2D eigenvalue weighted by molar-refractivity contribution is 7.21. The minimum Gasteiger partial charge on any atom is -0.297 e. The van der Waals surface area contributed by atoms with Gasteiger partial charge in [0.05, 0.1) is 10.6 Å². The number of hydrogen-bond acceptors (Lipinski definition) is 5. The number of carbonyl (C=O) groups is 1. The SMILES string of the molecule is Cc1csc(NC(=O)c2sc3nc(C)cc(C)c3c2C)n1. The molecule has 1 N–H and O–H groups in total. The van der Waals surface area contributed by atoms with E-state index in [1.54, 1.807) is 0 Å². The lowest BCUT2D eigenvalue weighted by Crippen LogP contribution is -2.11. The maximum absolute atomic E-state index is 12.4. The van der Waals surface area contributed by atoms with Crippen molar-refractivity contribution in [3.05, 3.63) is 38.8 Å². The Labute approximate surface area is 130 Å². The zero-order valence-electron chi connectivity index (χ0n) is 12.3. The van der Waals surface area contributed by atoms with Crippen LogP contribution in [0, 0.1) is 27.7 Å². The zero-order valence-corrected chi connectivity index (χ0v) is 13.9. The van der Waals surface area contributed by atoms with Crippen LogP contribution in [-0.4, -0.2) is 15.9 Å². The summed E-state index contributed by atoms with van der Waals surface area (Å²) in [6.45, 7) is 7.92. The van der Waals surface area contributed by atoms with Crippen LogP contribution < -0.4 is 5.32 Å². The highest BCUT2D eigenvalue weighted by Crippen LogP contribution is 2.32. The number of thiophene rings is 1. The summed E-state index contributed by atoms with van der Waals surface area (Å²) in [4.78, 5) is 22.9. The van der Waals surface area contributed by atoms with Crippen LogP contribution in [0.2, 0.25) is 0 Å². The van der Waals surface area contributed by atoms with Gasteiger partial charge in [-0.15, -0.1) is 22.7 Å². The van der Waals surface area contributed by atoms with Gasteiger partial charge < -0.3 is 0 Å². The molecule has 4 nitrogen and oxygen atoms in total. The first kappa shape index (κ1) is 14.2. The normalized spacial score (nSPS) is 11.0. The number of fused-ring (bicyclic) bond motifs is 1. The molecule has 3 aromatic heterocycles. The number of amides is 1. The summed E-state index contributed by atoms with van der Waals surface area (Å²) >= 11 is 2.88. The number of aromatic nitrogens is 2. The number of pyridine rings is 1. The van der Waals surface area contributed by atoms with Crippen LogP contribution >= 0.6 is 22.7 Å². The maximum Gasteiger partial charge on any atom is 0.267 e. The van der Waals surface area contributed by atoms with Crippen LogP contribution in [0.5, 0.6) is 0 Å². The number of anilines is 1. The molecule has 21 heavy (non-hydrogen) atoms. The second kappa shape index (κ2) is 5.20. The number of aryl methyl sites for hydroxylation is 4. The monoisotopic (exact) mass is 317 g/mol. The molecular weight excluding hydrogens is 302 g/mol. The minimum absolute atomic E-state index is 0.109. The van der Waals surface area contributed by atoms with Crippen LogP contribution in [0.25, 0.3) is 10.2 Å². The second-order valence-corrected chi connectivity index (χ2v) is 6.92. The zero-order chi connectivity index (χ0) is 15.1. The lowest BCUT2D eigenvalue weighted by Gasteiger charge is -2.01. The quantitative estimate of drug-likeness (QED) is 0.769. The summed E-state index contributed by atoms with van der Waals surface area (Å²) in [6.07, 6.45) is 0. The van der Waals surface area contributed by atoms with E-state index in [4.69, 9.17) is 0 Å². The van der Waals surface area contributed by atoms with Crippen LogP contribution in [0.3, 0.4) is 0 Å². The third kappa shape index (κ3) is 2.56. The molecule has 0 unspecified atom stereocenters. The van der Waals surface area contributed by atoms with E-state index in [0.717, 1.165) is 32.7 Å². The first-order valence-electron chi connectivity index (χ1n) is 6.56. The number of thiazole rings is 1. The molecule has 108 valence electrons. The van der Waals surface area contributed by atoms with Gasteiger partial charge in [-0.2, -0.15) is 0 Å². The summed E-state index contributed by atoms with van der Waals surface area (Å²) in [5.74, 6) is -0.109. The van der Waals surface area contributed by atoms with Crippen molar-refractivity contribution in [1.29, 1.82) is 0 Å². The van der Waals surface area contributed by atoms with Gasteiger partial charge in [-0.25, -0.2) is 9.97 Å². The molecule has 0 bridgehead atoms. The first-order valence-corrected chi connectivity index (χ1v) is 8.26. The molecule has 0 aliphatic carbocycles. The van der Waals surface area contributed by atoms with Crippen molar-refractivity contribution in [3.63, 3.8) is 0 Å². The van der Waals surface area contributed by atoms with Crippen molar-refractivity contribution in [1.82, 2.24) is 9.97 Å². The van der Waals surface area contributed by atoms with E-state index >= 15 is 0 Å². The van der Waals surface area contributed by atoms with Gasteiger partial charge in [0, 0.05) is 16.5 Å². The van der Waals surface area contributed by atoms with E-state index in [0.29, 0.717) is 10.0 Å². The molecule has 0 aliphatic heterocycles. The van der Waals surface area contributed by atoms with E-state index in [1.807, 2.05) is 32.2 Å². The van der Waals surface area contributed by atoms with Gasteiger partial charge in [0.2, 0.25) is 0 Å². The van der Waals surface area contributed by atoms with E-state index < -0.39 is 0 Å². The smallest absolute Gasteiger partial charge is 0.267 e. The fraction of sp³-hybridized carbons (Fsp3) is 0.267. The fourth-order valence-electron chi connectivity index (χ4n) is 2.40. The third-order valence-corrected chi connectivity index (χ3v) is 5.33.